The fourth-order valence-electron chi connectivity index (χ4n) is 0.755. The summed E-state index contributed by atoms with van der Waals surface area (Å²) >= 11 is 0. The number of carbonyl (C=O) groups is 2. The van der Waals surface area contributed by atoms with Gasteiger partial charge in [-0.15, -0.1) is 0 Å². The van der Waals surface area contributed by atoms with E-state index in [1.54, 1.807) is 0 Å². The van der Waals surface area contributed by atoms with E-state index in [0.717, 1.165) is 0 Å². The van der Waals surface area contributed by atoms with E-state index in [0.29, 0.717) is 6.29 Å². The summed E-state index contributed by atoms with van der Waals surface area (Å²) in [5, 5.41) is 2.30. The van der Waals surface area contributed by atoms with Gasteiger partial charge in [0.15, 0.2) is 0 Å². The zero-order valence-electron chi connectivity index (χ0n) is 5.24. The molecule has 0 spiro atoms. The molecule has 2 unspecified atom stereocenters. The zero-order chi connectivity index (χ0) is 7.56. The van der Waals surface area contributed by atoms with E-state index in [4.69, 9.17) is 0 Å². The molecule has 0 aromatic carbocycles. The molecular formula is C6H7NO3. The van der Waals surface area contributed by atoms with Crippen molar-refractivity contribution >= 4 is 12.4 Å². The number of rotatable bonds is 2. The molecule has 0 aliphatic carbocycles. The number of hydrogen-bond donors (Lipinski definition) is 1. The van der Waals surface area contributed by atoms with Crippen LogP contribution in [0, 0.1) is 0 Å². The second-order valence-electron chi connectivity index (χ2n) is 1.91. The fourth-order valence-corrected chi connectivity index (χ4v) is 0.755. The summed E-state index contributed by atoms with van der Waals surface area (Å²) < 4.78 is 4.61. The van der Waals surface area contributed by atoms with Crippen molar-refractivity contribution in [3.8, 4) is 0 Å². The molecule has 0 aromatic rings. The van der Waals surface area contributed by atoms with Gasteiger partial charge >= 0.3 is 6.09 Å². The maximum Gasteiger partial charge on any atom is 0.408 e. The largest absolute Gasteiger partial charge is 0.439 e. The number of aldehydes is 1. The summed E-state index contributed by atoms with van der Waals surface area (Å²) in [4.78, 5) is 20.6. The Labute approximate surface area is 57.9 Å². The Morgan fingerprint density at radius 1 is 1.70 bits per heavy atom. The molecule has 0 radical (unpaired) electrons. The van der Waals surface area contributed by atoms with Crippen LogP contribution in [-0.4, -0.2) is 24.5 Å². The Hall–Kier alpha value is -1.32. The van der Waals surface area contributed by atoms with Crippen LogP contribution in [0.3, 0.4) is 0 Å². The van der Waals surface area contributed by atoms with Gasteiger partial charge in [-0.25, -0.2) is 4.79 Å². The maximum absolute atomic E-state index is 10.4. The van der Waals surface area contributed by atoms with Crippen LogP contribution in [0.25, 0.3) is 0 Å². The second kappa shape index (κ2) is 2.51. The number of nitrogens with one attached hydrogen (secondary N) is 1. The highest BCUT2D eigenvalue weighted by Crippen LogP contribution is 2.06. The van der Waals surface area contributed by atoms with E-state index in [-0.39, 0.29) is 0 Å². The summed E-state index contributed by atoms with van der Waals surface area (Å²) in [6, 6.07) is -0.565. The van der Waals surface area contributed by atoms with E-state index in [1.807, 2.05) is 0 Å². The Bertz CT molecular complexity index is 160. The molecule has 0 saturated carbocycles. The van der Waals surface area contributed by atoms with Crippen molar-refractivity contribution in [2.45, 2.75) is 12.1 Å². The highest BCUT2D eigenvalue weighted by Gasteiger charge is 2.30. The molecule has 1 saturated heterocycles. The van der Waals surface area contributed by atoms with Crippen LogP contribution >= 0.6 is 0 Å². The fraction of sp³-hybridized carbons (Fsp3) is 0.333. The first-order valence-electron chi connectivity index (χ1n) is 2.83. The standard InChI is InChI=1S/C6H7NO3/c1-2-5-4(3-8)7-6(9)10-5/h2-5H,1H2,(H,7,9). The van der Waals surface area contributed by atoms with Crippen molar-refractivity contribution in [2.24, 2.45) is 0 Å². The molecule has 1 amide bonds. The lowest BCUT2D eigenvalue weighted by Crippen LogP contribution is -2.31. The molecule has 0 bridgehead atoms. The molecule has 54 valence electrons. The second-order valence-corrected chi connectivity index (χ2v) is 1.91. The normalized spacial score (nSPS) is 30.6. The van der Waals surface area contributed by atoms with Crippen LogP contribution < -0.4 is 5.32 Å². The van der Waals surface area contributed by atoms with Crippen LogP contribution in [0.1, 0.15) is 0 Å². The van der Waals surface area contributed by atoms with Crippen molar-refractivity contribution in [3.63, 3.8) is 0 Å². The summed E-state index contributed by atoms with van der Waals surface area (Å²) in [6.07, 6.45) is 0.959. The number of cyclic esters (lactones) is 1. The van der Waals surface area contributed by atoms with Crippen LogP contribution in [0.4, 0.5) is 4.79 Å². The van der Waals surface area contributed by atoms with Gasteiger partial charge < -0.3 is 14.8 Å². The number of alkyl carbamates (subject to hydrolysis) is 1. The van der Waals surface area contributed by atoms with Gasteiger partial charge in [0.1, 0.15) is 18.4 Å². The van der Waals surface area contributed by atoms with Gasteiger partial charge in [0.2, 0.25) is 0 Å². The van der Waals surface area contributed by atoms with Crippen molar-refractivity contribution in [2.75, 3.05) is 0 Å². The SMILES string of the molecule is C=CC1OC(=O)NC1C=O. The average molecular weight is 141 g/mol. The van der Waals surface area contributed by atoms with Crippen LogP contribution in [0.5, 0.6) is 0 Å². The predicted octanol–water partition coefficient (Wildman–Crippen LogP) is -0.152. The van der Waals surface area contributed by atoms with Gasteiger partial charge in [-0.2, -0.15) is 0 Å². The summed E-state index contributed by atoms with van der Waals surface area (Å²) in [5.41, 5.74) is 0. The maximum atomic E-state index is 10.4. The molecule has 1 rings (SSSR count). The van der Waals surface area contributed by atoms with Gasteiger partial charge in [-0.1, -0.05) is 6.58 Å². The molecule has 4 heteroatoms. The lowest BCUT2D eigenvalue weighted by molar-refractivity contribution is -0.109. The lowest BCUT2D eigenvalue weighted by atomic mass is 10.2. The number of hydrogen-bond acceptors (Lipinski definition) is 3. The first kappa shape index (κ1) is 6.80. The van der Waals surface area contributed by atoms with Crippen molar-refractivity contribution < 1.29 is 14.3 Å². The zero-order valence-corrected chi connectivity index (χ0v) is 5.24. The predicted molar refractivity (Wildman–Crippen MR) is 33.5 cm³/mol. The van der Waals surface area contributed by atoms with Gasteiger partial charge in [-0.05, 0) is 6.08 Å². The van der Waals surface area contributed by atoms with E-state index >= 15 is 0 Å². The molecule has 4 nitrogen and oxygen atoms in total. The third-order valence-electron chi connectivity index (χ3n) is 1.26. The summed E-state index contributed by atoms with van der Waals surface area (Å²) in [5.74, 6) is 0. The van der Waals surface area contributed by atoms with Crippen LogP contribution in [0.15, 0.2) is 12.7 Å². The molecule has 1 N–H and O–H groups in total. The van der Waals surface area contributed by atoms with Gasteiger partial charge in [0, 0.05) is 0 Å². The van der Waals surface area contributed by atoms with Crippen molar-refractivity contribution in [1.29, 1.82) is 0 Å². The minimum atomic E-state index is -0.568. The molecule has 0 aromatic heterocycles. The van der Waals surface area contributed by atoms with Crippen LogP contribution in [-0.2, 0) is 9.53 Å². The van der Waals surface area contributed by atoms with Crippen molar-refractivity contribution in [1.82, 2.24) is 5.32 Å². The molecule has 1 aliphatic heterocycles. The first-order valence-corrected chi connectivity index (χ1v) is 2.83. The Morgan fingerprint density at radius 3 is 2.80 bits per heavy atom. The minimum absolute atomic E-state index is 0.509. The smallest absolute Gasteiger partial charge is 0.408 e. The molecule has 1 aliphatic rings. The van der Waals surface area contributed by atoms with Crippen molar-refractivity contribution in [3.05, 3.63) is 12.7 Å². The number of ether oxygens (including phenoxy) is 1. The van der Waals surface area contributed by atoms with Gasteiger partial charge in [-0.3, -0.25) is 0 Å². The average Bonchev–Trinajstić information content (AvgIpc) is 2.30. The molecule has 2 atom stereocenters. The van der Waals surface area contributed by atoms with Gasteiger partial charge in [0.25, 0.3) is 0 Å². The topological polar surface area (TPSA) is 55.4 Å². The van der Waals surface area contributed by atoms with E-state index in [1.165, 1.54) is 6.08 Å². The third-order valence-corrected chi connectivity index (χ3v) is 1.26. The van der Waals surface area contributed by atoms with Gasteiger partial charge in [0.05, 0.1) is 0 Å². The Balaban J connectivity index is 2.65. The Kier molecular flexibility index (Phi) is 1.71. The molecule has 1 fully saturated rings. The quantitative estimate of drug-likeness (QED) is 0.429. The minimum Gasteiger partial charge on any atom is -0.439 e. The highest BCUT2D eigenvalue weighted by atomic mass is 16.6. The third kappa shape index (κ3) is 1.00. The molecule has 1 heterocycles. The van der Waals surface area contributed by atoms with Crippen LogP contribution in [0.2, 0.25) is 0 Å². The monoisotopic (exact) mass is 141 g/mol. The lowest BCUT2D eigenvalue weighted by Gasteiger charge is -2.03. The van der Waals surface area contributed by atoms with E-state index in [2.05, 4.69) is 16.6 Å². The molecular weight excluding hydrogens is 134 g/mol. The highest BCUT2D eigenvalue weighted by molar-refractivity contribution is 5.77. The first-order chi connectivity index (χ1) is 4.77. The number of amides is 1. The molecule has 10 heavy (non-hydrogen) atoms. The summed E-state index contributed by atoms with van der Waals surface area (Å²) in [7, 11) is 0. The van der Waals surface area contributed by atoms with E-state index in [9.17, 15) is 9.59 Å². The number of carbonyl (C=O) groups excluding carboxylic acids is 2. The summed E-state index contributed by atoms with van der Waals surface area (Å²) in [6.45, 7) is 3.40. The Morgan fingerprint density at radius 2 is 2.40 bits per heavy atom. The van der Waals surface area contributed by atoms with E-state index < -0.39 is 18.2 Å².